The Bertz CT molecular complexity index is 2750. The zero-order chi connectivity index (χ0) is 49.0. The molecular weight excluding hydrogens is 957 g/mol. The van der Waals surface area contributed by atoms with Gasteiger partial charge in [-0.15, -0.1) is 21.9 Å². The maximum Gasteiger partial charge on any atom is 0.250 e. The molecule has 0 aliphatic carbocycles. The van der Waals surface area contributed by atoms with Crippen LogP contribution in [0.3, 0.4) is 0 Å². The first-order chi connectivity index (χ1) is 31.0. The summed E-state index contributed by atoms with van der Waals surface area (Å²) in [6.45, 7) is 0.678. The lowest BCUT2D eigenvalue weighted by molar-refractivity contribution is -0.664. The molecule has 66 heavy (non-hydrogen) atoms. The van der Waals surface area contributed by atoms with E-state index in [4.69, 9.17) is 0 Å². The lowest BCUT2D eigenvalue weighted by Gasteiger charge is -2.44. The second-order valence-corrected chi connectivity index (χ2v) is 14.0. The highest BCUT2D eigenvalue weighted by molar-refractivity contribution is 7.81. The fourth-order valence-corrected chi connectivity index (χ4v) is 7.56. The molecule has 0 saturated carbocycles. The SMILES string of the molecule is Fc1c(F)c(F)c([B-](c2c(F)c(F)c(F)c(F)c2F)(c2c(F)c(F)c(F)c(F)c2F)c2c(F)c(F)c(F)c(F)c2F)c(F)c1F.O=C(CS)c1ccc2ccccc2[n+]1Cc1ccccc1. The molecule has 0 spiro atoms. The first-order valence-corrected chi connectivity index (χ1v) is 18.5. The number of hydrogen-bond donors (Lipinski definition) is 1. The van der Waals surface area contributed by atoms with Crippen molar-refractivity contribution >= 4 is 57.3 Å². The topological polar surface area (TPSA) is 20.9 Å². The summed E-state index contributed by atoms with van der Waals surface area (Å²) >= 11 is 4.13. The molecule has 7 rings (SSSR count). The van der Waals surface area contributed by atoms with Gasteiger partial charge in [0.05, 0.1) is 5.75 Å². The summed E-state index contributed by atoms with van der Waals surface area (Å²) in [5.41, 5.74) is -11.4. The van der Waals surface area contributed by atoms with E-state index in [-0.39, 0.29) is 11.5 Å². The molecule has 2 nitrogen and oxygen atoms in total. The number of hydrogen-bond acceptors (Lipinski definition) is 2. The maximum absolute atomic E-state index is 15.4. The molecule has 0 radical (unpaired) electrons. The number of pyridine rings is 1. The van der Waals surface area contributed by atoms with Gasteiger partial charge in [0.2, 0.25) is 17.0 Å². The van der Waals surface area contributed by atoms with Crippen LogP contribution < -0.4 is 26.4 Å². The van der Waals surface area contributed by atoms with Crippen molar-refractivity contribution in [2.75, 3.05) is 5.75 Å². The van der Waals surface area contributed by atoms with Crippen LogP contribution in [0.2, 0.25) is 0 Å². The van der Waals surface area contributed by atoms with E-state index in [9.17, 15) is 57.5 Å². The lowest BCUT2D eigenvalue weighted by atomic mass is 9.12. The normalized spacial score (nSPS) is 11.6. The molecule has 0 N–H and O–H groups in total. The minimum atomic E-state index is -7.22. The molecule has 0 amide bonds. The molecule has 0 unspecified atom stereocenters. The Hall–Kier alpha value is -6.59. The molecular formula is C42H16BF20NOS. The Morgan fingerprint density at radius 3 is 0.985 bits per heavy atom. The standard InChI is InChI=1S/C24BF20.C18H15NOS/c26-5-1(6(27)14(35)21(42)13(5)34)25(2-7(28)15(36)22(43)16(37)8(2)29,3-9(30)17(38)23(44)18(39)10(3)31)4-11(32)19(40)24(45)20(41)12(4)33;20-18(13-21)17-11-10-15-8-4-5-9-16(15)19(17)12-14-6-2-1-3-7-14/h;1-11H,12-13H2/q-1;/p+1. The van der Waals surface area contributed by atoms with Crippen LogP contribution in [-0.2, 0) is 6.54 Å². The van der Waals surface area contributed by atoms with Gasteiger partial charge in [0.15, 0.2) is 76.4 Å². The molecule has 24 heteroatoms. The first-order valence-electron chi connectivity index (χ1n) is 17.8. The molecule has 1 aromatic heterocycles. The molecule has 0 atom stereocenters. The number of rotatable bonds is 8. The van der Waals surface area contributed by atoms with Gasteiger partial charge < -0.3 is 0 Å². The van der Waals surface area contributed by atoms with Crippen LogP contribution in [0.15, 0.2) is 66.7 Å². The number of halogens is 20. The highest BCUT2D eigenvalue weighted by Gasteiger charge is 2.52. The Kier molecular flexibility index (Phi) is 13.6. The fraction of sp³-hybridized carbons (Fsp3) is 0.0476. The number of carbonyl (C=O) groups excluding carboxylic acids is 1. The van der Waals surface area contributed by atoms with Crippen LogP contribution in [0.4, 0.5) is 87.8 Å². The third-order valence-corrected chi connectivity index (χ3v) is 10.5. The second-order valence-electron chi connectivity index (χ2n) is 13.7. The van der Waals surface area contributed by atoms with Crippen LogP contribution in [0, 0.1) is 116 Å². The number of fused-ring (bicyclic) bond motifs is 1. The highest BCUT2D eigenvalue weighted by Crippen LogP contribution is 2.31. The number of Topliss-reactive ketones (excluding diaryl/α,β-unsaturated/α-hetero) is 1. The van der Waals surface area contributed by atoms with Crippen LogP contribution in [-0.4, -0.2) is 17.7 Å². The van der Waals surface area contributed by atoms with Gasteiger partial charge in [0.1, 0.15) is 52.7 Å². The van der Waals surface area contributed by atoms with Gasteiger partial charge in [-0.3, -0.25) is 4.79 Å². The van der Waals surface area contributed by atoms with E-state index >= 15 is 35.1 Å². The number of nitrogens with zero attached hydrogens (tertiary/aromatic N) is 1. The van der Waals surface area contributed by atoms with Gasteiger partial charge in [-0.2, -0.15) is 17.2 Å². The van der Waals surface area contributed by atoms with Crippen molar-refractivity contribution in [3.05, 3.63) is 194 Å². The Morgan fingerprint density at radius 1 is 0.379 bits per heavy atom. The molecule has 7 aromatic rings. The van der Waals surface area contributed by atoms with E-state index in [1.54, 1.807) is 0 Å². The van der Waals surface area contributed by atoms with Crippen LogP contribution in [0.5, 0.6) is 0 Å². The largest absolute Gasteiger partial charge is 0.286 e. The van der Waals surface area contributed by atoms with Crippen molar-refractivity contribution in [2.45, 2.75) is 6.54 Å². The zero-order valence-electron chi connectivity index (χ0n) is 31.7. The summed E-state index contributed by atoms with van der Waals surface area (Å²) in [6, 6.07) is 22.2. The van der Waals surface area contributed by atoms with E-state index in [0.29, 0.717) is 12.2 Å². The summed E-state index contributed by atoms with van der Waals surface area (Å²) in [5, 5.41) is 1.13. The average Bonchev–Trinajstić information content (AvgIpc) is 3.31. The Balaban J connectivity index is 0.000000284. The number of thiol groups is 1. The maximum atomic E-state index is 15.4. The van der Waals surface area contributed by atoms with E-state index < -0.39 is 144 Å². The van der Waals surface area contributed by atoms with Gasteiger partial charge in [-0.05, 0) is 12.1 Å². The second kappa shape index (κ2) is 18.4. The van der Waals surface area contributed by atoms with Crippen LogP contribution in [0.1, 0.15) is 16.1 Å². The van der Waals surface area contributed by atoms with Crippen molar-refractivity contribution in [1.29, 1.82) is 0 Å². The quantitative estimate of drug-likeness (QED) is 0.0307. The molecule has 1 heterocycles. The first kappa shape index (κ1) is 48.9. The van der Waals surface area contributed by atoms with Crippen molar-refractivity contribution in [3.63, 3.8) is 0 Å². The number of para-hydroxylation sites is 1. The molecule has 0 bridgehead atoms. The summed E-state index contributed by atoms with van der Waals surface area (Å²) in [6.07, 6.45) is -7.22. The van der Waals surface area contributed by atoms with E-state index in [2.05, 4.69) is 35.4 Å². The number of ketones is 1. The van der Waals surface area contributed by atoms with Crippen molar-refractivity contribution in [1.82, 2.24) is 0 Å². The Morgan fingerprint density at radius 2 is 0.667 bits per heavy atom. The van der Waals surface area contributed by atoms with Gasteiger partial charge in [0.25, 0.3) is 0 Å². The van der Waals surface area contributed by atoms with Crippen molar-refractivity contribution < 1.29 is 97.2 Å². The van der Waals surface area contributed by atoms with Gasteiger partial charge >= 0.3 is 0 Å². The van der Waals surface area contributed by atoms with E-state index in [1.165, 1.54) is 5.56 Å². The monoisotopic (exact) mass is 973 g/mol. The highest BCUT2D eigenvalue weighted by atomic mass is 32.1. The third-order valence-electron chi connectivity index (χ3n) is 10.3. The predicted octanol–water partition coefficient (Wildman–Crippen LogP) is 9.13. The summed E-state index contributed by atoms with van der Waals surface area (Å²) in [5.74, 6) is -71.1. The summed E-state index contributed by atoms with van der Waals surface area (Å²) in [4.78, 5) is 12.2. The van der Waals surface area contributed by atoms with Gasteiger partial charge in [-0.25, -0.2) is 87.8 Å². The summed E-state index contributed by atoms with van der Waals surface area (Å²) in [7, 11) is 0. The molecule has 6 aromatic carbocycles. The third kappa shape index (κ3) is 7.57. The van der Waals surface area contributed by atoms with Crippen molar-refractivity contribution in [3.8, 4) is 0 Å². The van der Waals surface area contributed by atoms with E-state index in [0.717, 1.165) is 10.9 Å². The summed E-state index contributed by atoms with van der Waals surface area (Å²) < 4.78 is 296. The van der Waals surface area contributed by atoms with Gasteiger partial charge in [-0.1, -0.05) is 42.5 Å². The Labute approximate surface area is 360 Å². The molecule has 0 aliphatic rings. The predicted molar refractivity (Wildman–Crippen MR) is 197 cm³/mol. The zero-order valence-corrected chi connectivity index (χ0v) is 32.6. The number of aromatic nitrogens is 1. The minimum absolute atomic E-state index is 0.0417. The minimum Gasteiger partial charge on any atom is -0.286 e. The van der Waals surface area contributed by atoms with Crippen LogP contribution >= 0.6 is 12.6 Å². The molecule has 0 saturated heterocycles. The van der Waals surface area contributed by atoms with E-state index in [1.807, 2.05) is 48.5 Å². The average molecular weight is 973 g/mol. The molecule has 0 fully saturated rings. The van der Waals surface area contributed by atoms with Crippen molar-refractivity contribution in [2.24, 2.45) is 0 Å². The van der Waals surface area contributed by atoms with Gasteiger partial charge in [0, 0.05) is 23.1 Å². The smallest absolute Gasteiger partial charge is 0.250 e. The van der Waals surface area contributed by atoms with Crippen LogP contribution in [0.25, 0.3) is 10.9 Å². The fourth-order valence-electron chi connectivity index (χ4n) is 7.40. The lowest BCUT2D eigenvalue weighted by Crippen LogP contribution is -2.81. The number of benzene rings is 6. The molecule has 344 valence electrons. The number of carbonyl (C=O) groups is 1. The molecule has 0 aliphatic heterocycles.